The molecule has 0 saturated heterocycles. The van der Waals surface area contributed by atoms with Gasteiger partial charge in [0.1, 0.15) is 5.69 Å². The average Bonchev–Trinajstić information content (AvgIpc) is 2.96. The Morgan fingerprint density at radius 2 is 2.17 bits per heavy atom. The van der Waals surface area contributed by atoms with Crippen molar-refractivity contribution in [3.05, 3.63) is 17.5 Å². The van der Waals surface area contributed by atoms with Gasteiger partial charge in [0.05, 0.1) is 10.9 Å². The Morgan fingerprint density at radius 3 is 2.56 bits per heavy atom. The van der Waals surface area contributed by atoms with E-state index in [1.807, 2.05) is 0 Å². The molecule has 0 bridgehead atoms. The molecule has 0 aromatic carbocycles. The molecule has 1 amide bonds. The van der Waals surface area contributed by atoms with Crippen molar-refractivity contribution in [2.75, 3.05) is 6.26 Å². The molecule has 0 aliphatic heterocycles. The Balaban J connectivity index is 2.12. The first-order valence-electron chi connectivity index (χ1n) is 5.78. The molecule has 1 heterocycles. The van der Waals surface area contributed by atoms with Gasteiger partial charge in [-0.1, -0.05) is 0 Å². The third-order valence-electron chi connectivity index (χ3n) is 3.67. The molecule has 1 unspecified atom stereocenters. The monoisotopic (exact) mass is 271 g/mol. The van der Waals surface area contributed by atoms with Gasteiger partial charge in [0, 0.05) is 12.3 Å². The second kappa shape index (κ2) is 4.08. The highest BCUT2D eigenvalue weighted by atomic mass is 32.2. The van der Waals surface area contributed by atoms with Gasteiger partial charge >= 0.3 is 0 Å². The van der Waals surface area contributed by atoms with Crippen LogP contribution in [-0.4, -0.2) is 41.6 Å². The molecule has 7 heteroatoms. The highest BCUT2D eigenvalue weighted by molar-refractivity contribution is 7.92. The van der Waals surface area contributed by atoms with Crippen molar-refractivity contribution in [3.8, 4) is 0 Å². The standard InChI is InChI=1S/C11H17N3O3S/c1-7-6-12-14-9(7)10(15)13-8(2)11(4-5-11)18(3,16)17/h6,8H,4-5H2,1-3H3,(H,12,14)(H,13,15). The van der Waals surface area contributed by atoms with Crippen LogP contribution in [0.2, 0.25) is 0 Å². The number of carbonyl (C=O) groups is 1. The third-order valence-corrected chi connectivity index (χ3v) is 5.91. The van der Waals surface area contributed by atoms with E-state index in [-0.39, 0.29) is 5.91 Å². The first-order valence-corrected chi connectivity index (χ1v) is 7.67. The summed E-state index contributed by atoms with van der Waals surface area (Å²) in [6, 6.07) is -0.400. The van der Waals surface area contributed by atoms with E-state index in [1.54, 1.807) is 20.0 Å². The van der Waals surface area contributed by atoms with Crippen LogP contribution in [0.1, 0.15) is 35.8 Å². The molecular weight excluding hydrogens is 254 g/mol. The molecule has 0 spiro atoms. The Morgan fingerprint density at radius 1 is 1.56 bits per heavy atom. The second-order valence-electron chi connectivity index (χ2n) is 4.96. The summed E-state index contributed by atoms with van der Waals surface area (Å²) in [6.07, 6.45) is 4.00. The molecule has 2 N–H and O–H groups in total. The summed E-state index contributed by atoms with van der Waals surface area (Å²) in [7, 11) is -3.16. The summed E-state index contributed by atoms with van der Waals surface area (Å²) in [4.78, 5) is 12.0. The van der Waals surface area contributed by atoms with Crippen LogP contribution in [0, 0.1) is 6.92 Å². The first kappa shape index (κ1) is 13.1. The zero-order chi connectivity index (χ0) is 13.6. The van der Waals surface area contributed by atoms with Gasteiger partial charge in [0.2, 0.25) is 0 Å². The van der Waals surface area contributed by atoms with Crippen LogP contribution >= 0.6 is 0 Å². The zero-order valence-corrected chi connectivity index (χ0v) is 11.5. The van der Waals surface area contributed by atoms with Crippen molar-refractivity contribution in [3.63, 3.8) is 0 Å². The van der Waals surface area contributed by atoms with Crippen molar-refractivity contribution in [1.29, 1.82) is 0 Å². The number of nitrogens with zero attached hydrogens (tertiary/aromatic N) is 1. The lowest BCUT2D eigenvalue weighted by Gasteiger charge is -2.22. The van der Waals surface area contributed by atoms with Gasteiger partial charge in [-0.25, -0.2) is 8.42 Å². The van der Waals surface area contributed by atoms with E-state index in [2.05, 4.69) is 15.5 Å². The summed E-state index contributed by atoms with van der Waals surface area (Å²) >= 11 is 0. The van der Waals surface area contributed by atoms with E-state index in [4.69, 9.17) is 0 Å². The summed E-state index contributed by atoms with van der Waals surface area (Å²) < 4.78 is 22.7. The fourth-order valence-corrected chi connectivity index (χ4v) is 3.77. The molecular formula is C11H17N3O3S. The van der Waals surface area contributed by atoms with Gasteiger partial charge < -0.3 is 5.32 Å². The van der Waals surface area contributed by atoms with Crippen LogP contribution in [-0.2, 0) is 9.84 Å². The molecule has 1 aromatic rings. The Kier molecular flexibility index (Phi) is 2.96. The number of H-pyrrole nitrogens is 1. The van der Waals surface area contributed by atoms with Gasteiger partial charge in [0.15, 0.2) is 9.84 Å². The SMILES string of the molecule is Cc1cn[nH]c1C(=O)NC(C)C1(S(C)(=O)=O)CC1. The van der Waals surface area contributed by atoms with E-state index >= 15 is 0 Å². The number of aryl methyl sites for hydroxylation is 1. The fraction of sp³-hybridized carbons (Fsp3) is 0.636. The summed E-state index contributed by atoms with van der Waals surface area (Å²) in [5.41, 5.74) is 1.12. The molecule has 2 rings (SSSR count). The fourth-order valence-electron chi connectivity index (χ4n) is 2.22. The third kappa shape index (κ3) is 2.03. The molecule has 1 aliphatic carbocycles. The van der Waals surface area contributed by atoms with Gasteiger partial charge in [-0.2, -0.15) is 5.10 Å². The van der Waals surface area contributed by atoms with Crippen LogP contribution in [0.3, 0.4) is 0 Å². The van der Waals surface area contributed by atoms with Gasteiger partial charge in [-0.3, -0.25) is 9.89 Å². The van der Waals surface area contributed by atoms with Crippen LogP contribution in [0.25, 0.3) is 0 Å². The minimum atomic E-state index is -3.16. The summed E-state index contributed by atoms with van der Waals surface area (Å²) in [6.45, 7) is 3.50. The molecule has 1 aromatic heterocycles. The van der Waals surface area contributed by atoms with E-state index < -0.39 is 20.6 Å². The van der Waals surface area contributed by atoms with Crippen LogP contribution < -0.4 is 5.32 Å². The van der Waals surface area contributed by atoms with Crippen molar-refractivity contribution < 1.29 is 13.2 Å². The number of carbonyl (C=O) groups excluding carboxylic acids is 1. The van der Waals surface area contributed by atoms with Crippen LogP contribution in [0.5, 0.6) is 0 Å². The maximum Gasteiger partial charge on any atom is 0.269 e. The quantitative estimate of drug-likeness (QED) is 0.830. The smallest absolute Gasteiger partial charge is 0.269 e. The Bertz CT molecular complexity index is 572. The van der Waals surface area contributed by atoms with Crippen molar-refractivity contribution in [2.45, 2.75) is 37.5 Å². The number of aromatic amines is 1. The van der Waals surface area contributed by atoms with Crippen LogP contribution in [0.4, 0.5) is 0 Å². The average molecular weight is 271 g/mol. The number of hydrogen-bond donors (Lipinski definition) is 2. The van der Waals surface area contributed by atoms with E-state index in [1.165, 1.54) is 6.26 Å². The lowest BCUT2D eigenvalue weighted by Crippen LogP contribution is -2.46. The Hall–Kier alpha value is -1.37. The molecule has 1 atom stereocenters. The van der Waals surface area contributed by atoms with E-state index in [9.17, 15) is 13.2 Å². The van der Waals surface area contributed by atoms with Crippen molar-refractivity contribution in [2.24, 2.45) is 0 Å². The largest absolute Gasteiger partial charge is 0.347 e. The van der Waals surface area contributed by atoms with E-state index in [0.29, 0.717) is 18.5 Å². The van der Waals surface area contributed by atoms with Crippen molar-refractivity contribution >= 4 is 15.7 Å². The lowest BCUT2D eigenvalue weighted by molar-refractivity contribution is 0.0932. The molecule has 0 radical (unpaired) electrons. The molecule has 100 valence electrons. The number of aromatic nitrogens is 2. The molecule has 6 nitrogen and oxygen atoms in total. The number of sulfone groups is 1. The lowest BCUT2D eigenvalue weighted by atomic mass is 10.2. The molecule has 1 fully saturated rings. The van der Waals surface area contributed by atoms with Crippen molar-refractivity contribution in [1.82, 2.24) is 15.5 Å². The second-order valence-corrected chi connectivity index (χ2v) is 7.32. The first-order chi connectivity index (χ1) is 8.28. The molecule has 18 heavy (non-hydrogen) atoms. The topological polar surface area (TPSA) is 91.9 Å². The van der Waals surface area contributed by atoms with Gasteiger partial charge in [-0.15, -0.1) is 0 Å². The van der Waals surface area contributed by atoms with Gasteiger partial charge in [-0.05, 0) is 32.3 Å². The summed E-state index contributed by atoms with van der Waals surface area (Å²) in [5, 5.41) is 9.13. The predicted octanol–water partition coefficient (Wildman–Crippen LogP) is 0.414. The highest BCUT2D eigenvalue weighted by Crippen LogP contribution is 2.46. The number of rotatable bonds is 4. The maximum absolute atomic E-state index is 12.0. The number of hydrogen-bond acceptors (Lipinski definition) is 4. The summed E-state index contributed by atoms with van der Waals surface area (Å²) in [5.74, 6) is -0.313. The van der Waals surface area contributed by atoms with Gasteiger partial charge in [0.25, 0.3) is 5.91 Å². The number of amides is 1. The minimum Gasteiger partial charge on any atom is -0.347 e. The predicted molar refractivity (Wildman–Crippen MR) is 67.1 cm³/mol. The van der Waals surface area contributed by atoms with E-state index in [0.717, 1.165) is 5.56 Å². The molecule has 1 aliphatic rings. The highest BCUT2D eigenvalue weighted by Gasteiger charge is 2.56. The number of nitrogens with one attached hydrogen (secondary N) is 2. The molecule has 1 saturated carbocycles. The zero-order valence-electron chi connectivity index (χ0n) is 10.6. The normalized spacial score (nSPS) is 19.3. The maximum atomic E-state index is 12.0. The Labute approximate surface area is 106 Å². The van der Waals surface area contributed by atoms with Crippen LogP contribution in [0.15, 0.2) is 6.20 Å². The minimum absolute atomic E-state index is 0.313.